The van der Waals surface area contributed by atoms with E-state index >= 15 is 0 Å². The highest BCUT2D eigenvalue weighted by Gasteiger charge is 2.24. The van der Waals surface area contributed by atoms with Gasteiger partial charge in [0.1, 0.15) is 0 Å². The molecule has 0 atom stereocenters. The zero-order chi connectivity index (χ0) is 41.4. The predicted molar refractivity (Wildman–Crippen MR) is 259 cm³/mol. The van der Waals surface area contributed by atoms with E-state index in [1.165, 1.54) is 10.9 Å². The van der Waals surface area contributed by atoms with Crippen LogP contribution in [0.5, 0.6) is 0 Å². The Kier molecular flexibility index (Phi) is 7.80. The molecule has 0 aliphatic carbocycles. The van der Waals surface area contributed by atoms with Crippen molar-refractivity contribution >= 4 is 65.4 Å². The van der Waals surface area contributed by atoms with Gasteiger partial charge in [0.05, 0.1) is 33.1 Å². The standard InChI is InChI=1S/C57H36N6/c1-3-16-37(17-4-1)39-30-32-40(33-31-39)55-58-56(62-50-27-12-7-22-43(50)44-23-8-13-28-51(44)62)60-57(59-55)63-52-29-14-10-25-46(52)48-35-34-47-45-24-9-11-26-49(45)61(53(47)54(48)63)42-21-15-20-41(36-42)38-18-5-2-6-19-38/h1-36H. The van der Waals surface area contributed by atoms with Gasteiger partial charge in [0, 0.05) is 43.6 Å². The number of aromatic nitrogens is 6. The van der Waals surface area contributed by atoms with E-state index in [0.717, 1.165) is 88.0 Å². The highest BCUT2D eigenvalue weighted by Crippen LogP contribution is 2.42. The smallest absolute Gasteiger partial charge is 0.240 e. The Morgan fingerprint density at radius 3 is 1.22 bits per heavy atom. The minimum atomic E-state index is 0.539. The van der Waals surface area contributed by atoms with Crippen molar-refractivity contribution in [3.8, 4) is 51.2 Å². The van der Waals surface area contributed by atoms with Crippen molar-refractivity contribution in [2.75, 3.05) is 0 Å². The van der Waals surface area contributed by atoms with Gasteiger partial charge in [-0.1, -0.05) is 182 Å². The van der Waals surface area contributed by atoms with Gasteiger partial charge < -0.3 is 4.57 Å². The first kappa shape index (κ1) is 35.2. The maximum Gasteiger partial charge on any atom is 0.240 e. The van der Waals surface area contributed by atoms with Gasteiger partial charge in [0.25, 0.3) is 0 Å². The van der Waals surface area contributed by atoms with Crippen LogP contribution in [0.3, 0.4) is 0 Å². The van der Waals surface area contributed by atoms with Crippen LogP contribution < -0.4 is 0 Å². The van der Waals surface area contributed by atoms with E-state index in [1.807, 2.05) is 6.07 Å². The molecule has 0 radical (unpaired) electrons. The molecule has 0 N–H and O–H groups in total. The third-order valence-electron chi connectivity index (χ3n) is 12.5. The van der Waals surface area contributed by atoms with Crippen LogP contribution in [0.15, 0.2) is 218 Å². The summed E-state index contributed by atoms with van der Waals surface area (Å²) in [5.74, 6) is 1.68. The van der Waals surface area contributed by atoms with Crippen molar-refractivity contribution in [2.24, 2.45) is 0 Å². The maximum absolute atomic E-state index is 5.52. The molecule has 0 saturated carbocycles. The molecule has 0 amide bonds. The molecule has 13 aromatic rings. The SMILES string of the molecule is c1ccc(-c2ccc(-c3nc(-n4c5ccccc5c5ccccc54)nc(-n4c5ccccc5c5ccc6c7ccccc7n(-c7cccc(-c8ccccc8)c7)c6c54)n3)cc2)cc1. The molecular formula is C57H36N6. The van der Waals surface area contributed by atoms with E-state index in [1.54, 1.807) is 0 Å². The van der Waals surface area contributed by atoms with Gasteiger partial charge in [-0.2, -0.15) is 15.0 Å². The molecule has 0 spiro atoms. The number of para-hydroxylation sites is 4. The fraction of sp³-hybridized carbons (Fsp3) is 0. The summed E-state index contributed by atoms with van der Waals surface area (Å²) in [6.07, 6.45) is 0. The average molecular weight is 805 g/mol. The second kappa shape index (κ2) is 14.0. The highest BCUT2D eigenvalue weighted by atomic mass is 15.3. The molecule has 9 aromatic carbocycles. The minimum absolute atomic E-state index is 0.539. The molecule has 6 heteroatoms. The molecule has 0 aliphatic rings. The van der Waals surface area contributed by atoms with Crippen molar-refractivity contribution in [2.45, 2.75) is 0 Å². The maximum atomic E-state index is 5.52. The van der Waals surface area contributed by atoms with Crippen LogP contribution in [0.1, 0.15) is 0 Å². The molecule has 0 fully saturated rings. The summed E-state index contributed by atoms with van der Waals surface area (Å²) in [7, 11) is 0. The van der Waals surface area contributed by atoms with Crippen LogP contribution in [0.25, 0.3) is 117 Å². The number of hydrogen-bond donors (Lipinski definition) is 0. The van der Waals surface area contributed by atoms with E-state index in [0.29, 0.717) is 17.7 Å². The lowest BCUT2D eigenvalue weighted by molar-refractivity contribution is 0.893. The van der Waals surface area contributed by atoms with E-state index in [-0.39, 0.29) is 0 Å². The molecule has 6 nitrogen and oxygen atoms in total. The van der Waals surface area contributed by atoms with E-state index in [9.17, 15) is 0 Å². The molecule has 4 aromatic heterocycles. The zero-order valence-corrected chi connectivity index (χ0v) is 34.0. The summed E-state index contributed by atoms with van der Waals surface area (Å²) in [5.41, 5.74) is 12.9. The number of benzene rings is 9. The normalized spacial score (nSPS) is 11.8. The lowest BCUT2D eigenvalue weighted by atomic mass is 10.0. The summed E-state index contributed by atoms with van der Waals surface area (Å²) in [5, 5.41) is 6.86. The first-order valence-corrected chi connectivity index (χ1v) is 21.3. The van der Waals surface area contributed by atoms with Crippen LogP contribution >= 0.6 is 0 Å². The number of rotatable bonds is 6. The van der Waals surface area contributed by atoms with Crippen molar-refractivity contribution in [1.29, 1.82) is 0 Å². The lowest BCUT2D eigenvalue weighted by Gasteiger charge is -2.15. The van der Waals surface area contributed by atoms with Gasteiger partial charge in [-0.15, -0.1) is 0 Å². The summed E-state index contributed by atoms with van der Waals surface area (Å²) < 4.78 is 6.88. The Hall–Kier alpha value is -8.61. The number of fused-ring (bicyclic) bond motifs is 10. The molecule has 0 aliphatic heterocycles. The highest BCUT2D eigenvalue weighted by molar-refractivity contribution is 6.23. The average Bonchev–Trinajstić information content (AvgIpc) is 4.01. The molecule has 0 unspecified atom stereocenters. The van der Waals surface area contributed by atoms with Gasteiger partial charge in [-0.25, -0.2) is 0 Å². The Balaban J connectivity index is 1.14. The third kappa shape index (κ3) is 5.48. The molecular weight excluding hydrogens is 769 g/mol. The van der Waals surface area contributed by atoms with Crippen LogP contribution in [-0.2, 0) is 0 Å². The molecule has 13 rings (SSSR count). The predicted octanol–water partition coefficient (Wildman–Crippen LogP) is 14.2. The molecule has 294 valence electrons. The molecule has 0 bridgehead atoms. The second-order valence-corrected chi connectivity index (χ2v) is 16.1. The summed E-state index contributed by atoms with van der Waals surface area (Å²) in [4.78, 5) is 16.3. The summed E-state index contributed by atoms with van der Waals surface area (Å²) in [6, 6.07) is 77.4. The van der Waals surface area contributed by atoms with Crippen molar-refractivity contribution in [1.82, 2.24) is 28.7 Å². The first-order chi connectivity index (χ1) is 31.3. The van der Waals surface area contributed by atoms with E-state index in [2.05, 4.69) is 226 Å². The Bertz CT molecular complexity index is 3840. The third-order valence-corrected chi connectivity index (χ3v) is 12.5. The van der Waals surface area contributed by atoms with E-state index < -0.39 is 0 Å². The summed E-state index contributed by atoms with van der Waals surface area (Å²) >= 11 is 0. The number of hydrogen-bond acceptors (Lipinski definition) is 3. The topological polar surface area (TPSA) is 53.5 Å². The van der Waals surface area contributed by atoms with Gasteiger partial charge in [0.2, 0.25) is 11.9 Å². The van der Waals surface area contributed by atoms with Gasteiger partial charge in [0.15, 0.2) is 5.82 Å². The quantitative estimate of drug-likeness (QED) is 0.168. The number of nitrogens with zero attached hydrogens (tertiary/aromatic N) is 6. The Morgan fingerprint density at radius 1 is 0.254 bits per heavy atom. The van der Waals surface area contributed by atoms with E-state index in [4.69, 9.17) is 15.0 Å². The van der Waals surface area contributed by atoms with Crippen molar-refractivity contribution < 1.29 is 0 Å². The second-order valence-electron chi connectivity index (χ2n) is 16.1. The van der Waals surface area contributed by atoms with Crippen molar-refractivity contribution in [3.05, 3.63) is 218 Å². The summed E-state index contributed by atoms with van der Waals surface area (Å²) in [6.45, 7) is 0. The lowest BCUT2D eigenvalue weighted by Crippen LogP contribution is -2.10. The fourth-order valence-electron chi connectivity index (χ4n) is 9.70. The zero-order valence-electron chi connectivity index (χ0n) is 34.0. The van der Waals surface area contributed by atoms with Crippen LogP contribution in [-0.4, -0.2) is 28.7 Å². The molecule has 4 heterocycles. The Morgan fingerprint density at radius 2 is 0.651 bits per heavy atom. The van der Waals surface area contributed by atoms with Gasteiger partial charge >= 0.3 is 0 Å². The minimum Gasteiger partial charge on any atom is -0.307 e. The first-order valence-electron chi connectivity index (χ1n) is 21.3. The van der Waals surface area contributed by atoms with Crippen molar-refractivity contribution in [3.63, 3.8) is 0 Å². The fourth-order valence-corrected chi connectivity index (χ4v) is 9.70. The monoisotopic (exact) mass is 804 g/mol. The van der Waals surface area contributed by atoms with Gasteiger partial charge in [-0.3, -0.25) is 9.13 Å². The van der Waals surface area contributed by atoms with Crippen LogP contribution in [0.4, 0.5) is 0 Å². The van der Waals surface area contributed by atoms with Crippen LogP contribution in [0, 0.1) is 0 Å². The van der Waals surface area contributed by atoms with Gasteiger partial charge in [-0.05, 0) is 58.7 Å². The Labute approximate surface area is 362 Å². The molecule has 0 saturated heterocycles. The largest absolute Gasteiger partial charge is 0.307 e. The molecule has 63 heavy (non-hydrogen) atoms. The van der Waals surface area contributed by atoms with Crippen LogP contribution in [0.2, 0.25) is 0 Å².